The van der Waals surface area contributed by atoms with E-state index in [2.05, 4.69) is 81.5 Å². The molecule has 0 bridgehead atoms. The van der Waals surface area contributed by atoms with Crippen molar-refractivity contribution in [2.45, 2.75) is 101 Å². The van der Waals surface area contributed by atoms with Crippen LogP contribution in [0.5, 0.6) is 0 Å². The summed E-state index contributed by atoms with van der Waals surface area (Å²) in [7, 11) is 1.72. The van der Waals surface area contributed by atoms with Crippen LogP contribution in [-0.4, -0.2) is 7.11 Å². The minimum absolute atomic E-state index is 0.394. The maximum atomic E-state index is 5.01. The summed E-state index contributed by atoms with van der Waals surface area (Å²) in [5, 5.41) is 0. The highest BCUT2D eigenvalue weighted by Gasteiger charge is 2.45. The van der Waals surface area contributed by atoms with Crippen LogP contribution in [0.25, 0.3) is 0 Å². The lowest BCUT2D eigenvalue weighted by Crippen LogP contribution is -2.43. The van der Waals surface area contributed by atoms with E-state index in [1.165, 1.54) is 49.7 Å². The number of rotatable bonds is 5. The molecule has 0 saturated heterocycles. The molecule has 1 heteroatoms. The molecule has 3 aliphatic rings. The summed E-state index contributed by atoms with van der Waals surface area (Å²) in [6, 6.07) is 0. The Morgan fingerprint density at radius 1 is 0.867 bits per heavy atom. The van der Waals surface area contributed by atoms with Gasteiger partial charge in [-0.3, -0.25) is 0 Å². The molecule has 0 spiro atoms. The third-order valence-electron chi connectivity index (χ3n) is 9.31. The van der Waals surface area contributed by atoms with Gasteiger partial charge >= 0.3 is 0 Å². The first-order valence-corrected chi connectivity index (χ1v) is 12.4. The topological polar surface area (TPSA) is 9.23 Å². The van der Waals surface area contributed by atoms with Crippen LogP contribution in [-0.2, 0) is 4.74 Å². The molecule has 0 aliphatic heterocycles. The Labute approximate surface area is 189 Å². The SMILES string of the molecule is C=C1CC(CC)C1(C)C.C=CC1CC(CC)C1(C)C.CCC1CC(=COC)C1(C)C. The molecule has 3 rings (SSSR count). The highest BCUT2D eigenvalue weighted by molar-refractivity contribution is 5.22. The second-order valence-corrected chi connectivity index (χ2v) is 11.5. The standard InChI is InChI=1S/C10H18O.C10H18.C9H16/c1-5-8-6-9(7-11-4)10(8,2)3;1-5-8-7-9(6-2)10(8,3)4;1-5-8-6-7(2)9(8,3)4/h7-8H,5-6H2,1-4H3;5,8-9H,1,6-7H2,2-4H3;8H,2,5-6H2,1,3-4H3. The second kappa shape index (κ2) is 10.6. The van der Waals surface area contributed by atoms with Crippen LogP contribution in [0.3, 0.4) is 0 Å². The molecular formula is C29H52O. The molecule has 4 atom stereocenters. The summed E-state index contributed by atoms with van der Waals surface area (Å²) in [5.74, 6) is 3.49. The van der Waals surface area contributed by atoms with Crippen molar-refractivity contribution < 1.29 is 4.74 Å². The van der Waals surface area contributed by atoms with E-state index >= 15 is 0 Å². The minimum Gasteiger partial charge on any atom is -0.504 e. The number of methoxy groups -OCH3 is 1. The maximum absolute atomic E-state index is 5.01. The van der Waals surface area contributed by atoms with Gasteiger partial charge in [0.1, 0.15) is 0 Å². The van der Waals surface area contributed by atoms with E-state index in [9.17, 15) is 0 Å². The highest BCUT2D eigenvalue weighted by Crippen LogP contribution is 2.53. The Bertz CT molecular complexity index is 604. The molecule has 0 heterocycles. The molecule has 0 aromatic carbocycles. The molecular weight excluding hydrogens is 364 g/mol. The van der Waals surface area contributed by atoms with Crippen molar-refractivity contribution in [1.82, 2.24) is 0 Å². The molecule has 4 unspecified atom stereocenters. The minimum atomic E-state index is 0.394. The van der Waals surface area contributed by atoms with Crippen molar-refractivity contribution in [2.75, 3.05) is 7.11 Å². The third-order valence-corrected chi connectivity index (χ3v) is 9.31. The zero-order chi connectivity index (χ0) is 23.3. The van der Waals surface area contributed by atoms with Gasteiger partial charge in [0.05, 0.1) is 13.4 Å². The monoisotopic (exact) mass is 416 g/mol. The van der Waals surface area contributed by atoms with Gasteiger partial charge in [-0.25, -0.2) is 0 Å². The molecule has 0 aromatic rings. The van der Waals surface area contributed by atoms with Gasteiger partial charge in [0.25, 0.3) is 0 Å². The number of ether oxygens (including phenoxy) is 1. The van der Waals surface area contributed by atoms with Crippen molar-refractivity contribution in [2.24, 2.45) is 39.9 Å². The van der Waals surface area contributed by atoms with E-state index in [1.807, 2.05) is 6.26 Å². The second-order valence-electron chi connectivity index (χ2n) is 11.5. The summed E-state index contributed by atoms with van der Waals surface area (Å²) in [6.07, 6.45) is 11.8. The van der Waals surface area contributed by atoms with E-state index in [0.717, 1.165) is 23.7 Å². The highest BCUT2D eigenvalue weighted by atomic mass is 16.5. The molecule has 0 radical (unpaired) electrons. The lowest BCUT2D eigenvalue weighted by molar-refractivity contribution is 0.00949. The molecule has 0 N–H and O–H groups in total. The van der Waals surface area contributed by atoms with E-state index < -0.39 is 0 Å². The number of hydrogen-bond donors (Lipinski definition) is 0. The van der Waals surface area contributed by atoms with Crippen LogP contribution < -0.4 is 0 Å². The normalized spacial score (nSPS) is 33.4. The van der Waals surface area contributed by atoms with Gasteiger partial charge in [0, 0.05) is 0 Å². The van der Waals surface area contributed by atoms with E-state index in [0.29, 0.717) is 16.2 Å². The van der Waals surface area contributed by atoms with Crippen molar-refractivity contribution >= 4 is 0 Å². The Morgan fingerprint density at radius 3 is 1.63 bits per heavy atom. The fourth-order valence-electron chi connectivity index (χ4n) is 5.69. The molecule has 0 aromatic heterocycles. The fraction of sp³-hybridized carbons (Fsp3) is 0.793. The zero-order valence-corrected chi connectivity index (χ0v) is 22.0. The summed E-state index contributed by atoms with van der Waals surface area (Å²) in [5.41, 5.74) is 4.29. The van der Waals surface area contributed by atoms with E-state index in [-0.39, 0.29) is 0 Å². The summed E-state index contributed by atoms with van der Waals surface area (Å²) in [4.78, 5) is 0. The Hall–Kier alpha value is -0.980. The van der Waals surface area contributed by atoms with E-state index in [1.54, 1.807) is 7.11 Å². The van der Waals surface area contributed by atoms with Crippen LogP contribution in [0, 0.1) is 39.9 Å². The van der Waals surface area contributed by atoms with Gasteiger partial charge in [-0.15, -0.1) is 6.58 Å². The predicted molar refractivity (Wildman–Crippen MR) is 134 cm³/mol. The van der Waals surface area contributed by atoms with Gasteiger partial charge in [0.15, 0.2) is 0 Å². The first kappa shape index (κ1) is 27.1. The quantitative estimate of drug-likeness (QED) is 0.320. The largest absolute Gasteiger partial charge is 0.504 e. The first-order chi connectivity index (χ1) is 13.8. The average Bonchev–Trinajstić information content (AvgIpc) is 2.69. The third kappa shape index (κ3) is 5.43. The Morgan fingerprint density at radius 2 is 1.37 bits per heavy atom. The van der Waals surface area contributed by atoms with E-state index in [4.69, 9.17) is 4.74 Å². The van der Waals surface area contributed by atoms with Crippen LogP contribution >= 0.6 is 0 Å². The van der Waals surface area contributed by atoms with Gasteiger partial charge < -0.3 is 4.74 Å². The number of allylic oxidation sites excluding steroid dienone is 3. The van der Waals surface area contributed by atoms with Gasteiger partial charge in [-0.2, -0.15) is 0 Å². The lowest BCUT2D eigenvalue weighted by atomic mass is 9.54. The lowest BCUT2D eigenvalue weighted by Gasteiger charge is -2.51. The molecule has 3 fully saturated rings. The Balaban J connectivity index is 0.000000226. The molecule has 3 aliphatic carbocycles. The number of hydrogen-bond acceptors (Lipinski definition) is 1. The molecule has 1 nitrogen and oxygen atoms in total. The predicted octanol–water partition coefficient (Wildman–Crippen LogP) is 9.22. The van der Waals surface area contributed by atoms with Crippen molar-refractivity contribution in [1.29, 1.82) is 0 Å². The maximum Gasteiger partial charge on any atom is 0.0822 e. The van der Waals surface area contributed by atoms with Crippen molar-refractivity contribution in [3.63, 3.8) is 0 Å². The molecule has 174 valence electrons. The van der Waals surface area contributed by atoms with Crippen LogP contribution in [0.2, 0.25) is 0 Å². The van der Waals surface area contributed by atoms with Crippen LogP contribution in [0.4, 0.5) is 0 Å². The van der Waals surface area contributed by atoms with Gasteiger partial charge in [0.2, 0.25) is 0 Å². The van der Waals surface area contributed by atoms with Crippen LogP contribution in [0.1, 0.15) is 101 Å². The molecule has 3 saturated carbocycles. The van der Waals surface area contributed by atoms with Gasteiger partial charge in [-0.05, 0) is 64.8 Å². The zero-order valence-electron chi connectivity index (χ0n) is 22.0. The summed E-state index contributed by atoms with van der Waals surface area (Å²) < 4.78 is 5.01. The van der Waals surface area contributed by atoms with Gasteiger partial charge in [-0.1, -0.05) is 99.8 Å². The van der Waals surface area contributed by atoms with Crippen LogP contribution in [0.15, 0.2) is 36.6 Å². The first-order valence-electron chi connectivity index (χ1n) is 12.4. The average molecular weight is 417 g/mol. The fourth-order valence-corrected chi connectivity index (χ4v) is 5.69. The summed E-state index contributed by atoms with van der Waals surface area (Å²) >= 11 is 0. The smallest absolute Gasteiger partial charge is 0.0822 e. The summed E-state index contributed by atoms with van der Waals surface area (Å²) in [6.45, 7) is 28.6. The Kier molecular flexibility index (Phi) is 9.52. The molecule has 0 amide bonds. The van der Waals surface area contributed by atoms with Crippen molar-refractivity contribution in [3.8, 4) is 0 Å². The van der Waals surface area contributed by atoms with Crippen molar-refractivity contribution in [3.05, 3.63) is 36.6 Å². The molecule has 30 heavy (non-hydrogen) atoms.